The molecule has 3 amide bonds. The van der Waals surface area contributed by atoms with Crippen molar-refractivity contribution in [2.24, 2.45) is 0 Å². The van der Waals surface area contributed by atoms with Gasteiger partial charge in [0.05, 0.1) is 20.0 Å². The molecule has 1 aliphatic rings. The SMILES string of the molecule is COc1ccc2cn(C[C@@]3(C#Cc4ncnc5nc[nH]c45)NC(=O)NC3=O)c(O)c2c1. The zero-order valence-electron chi connectivity index (χ0n) is 16.1. The summed E-state index contributed by atoms with van der Waals surface area (Å²) >= 11 is 0. The van der Waals surface area contributed by atoms with Crippen LogP contribution in [0.5, 0.6) is 11.6 Å². The minimum absolute atomic E-state index is 0.0815. The van der Waals surface area contributed by atoms with Gasteiger partial charge in [0, 0.05) is 17.0 Å². The first-order valence-corrected chi connectivity index (χ1v) is 9.16. The van der Waals surface area contributed by atoms with Crippen molar-refractivity contribution in [1.82, 2.24) is 35.1 Å². The second-order valence-electron chi connectivity index (χ2n) is 6.92. The number of urea groups is 1. The Morgan fingerprint density at radius 1 is 1.26 bits per heavy atom. The third-order valence-corrected chi connectivity index (χ3v) is 5.03. The Morgan fingerprint density at radius 3 is 2.90 bits per heavy atom. The van der Waals surface area contributed by atoms with Gasteiger partial charge in [-0.3, -0.25) is 10.1 Å². The number of aromatic amines is 1. The average molecular weight is 417 g/mol. The van der Waals surface area contributed by atoms with Gasteiger partial charge in [0.1, 0.15) is 23.3 Å². The van der Waals surface area contributed by atoms with Crippen LogP contribution >= 0.6 is 0 Å². The van der Waals surface area contributed by atoms with Crippen LogP contribution < -0.4 is 15.4 Å². The number of ether oxygens (including phenoxy) is 1. The van der Waals surface area contributed by atoms with Crippen LogP contribution in [0.4, 0.5) is 4.79 Å². The fourth-order valence-corrected chi connectivity index (χ4v) is 3.48. The number of hydrogen-bond acceptors (Lipinski definition) is 7. The first kappa shape index (κ1) is 18.4. The molecule has 3 aromatic heterocycles. The lowest BCUT2D eigenvalue weighted by molar-refractivity contribution is -0.122. The Balaban J connectivity index is 1.59. The summed E-state index contributed by atoms with van der Waals surface area (Å²) < 4.78 is 6.66. The second kappa shape index (κ2) is 6.74. The molecule has 1 aromatic carbocycles. The van der Waals surface area contributed by atoms with E-state index in [0.29, 0.717) is 28.0 Å². The van der Waals surface area contributed by atoms with Crippen LogP contribution in [0, 0.1) is 11.8 Å². The maximum absolute atomic E-state index is 12.7. The van der Waals surface area contributed by atoms with Crippen molar-refractivity contribution in [3.63, 3.8) is 0 Å². The van der Waals surface area contributed by atoms with Crippen LogP contribution in [0.15, 0.2) is 37.1 Å². The normalized spacial score (nSPS) is 18.0. The molecule has 1 saturated heterocycles. The lowest BCUT2D eigenvalue weighted by atomic mass is 10.0. The summed E-state index contributed by atoms with van der Waals surface area (Å²) in [6.45, 7) is -0.127. The predicted octanol–water partition coefficient (Wildman–Crippen LogP) is 0.652. The van der Waals surface area contributed by atoms with Crippen LogP contribution in [0.2, 0.25) is 0 Å². The standard InChI is InChI=1S/C20H15N7O4/c1-31-12-3-2-11-7-27(17(28)13(11)6-12)8-20(18(29)25-19(30)26-20)5-4-14-15-16(23-9-21-14)24-10-22-15/h2-3,6-7,9-10,28H,8H2,1H3,(H,21,22,23,24)(H2,25,26,29,30)/t20-/m1/s1. The number of nitrogens with one attached hydrogen (secondary N) is 3. The summed E-state index contributed by atoms with van der Waals surface area (Å²) in [6, 6.07) is 4.55. The fourth-order valence-electron chi connectivity index (χ4n) is 3.48. The molecule has 0 unspecified atom stereocenters. The van der Waals surface area contributed by atoms with E-state index < -0.39 is 17.5 Å². The van der Waals surface area contributed by atoms with Crippen LogP contribution in [0.25, 0.3) is 21.9 Å². The van der Waals surface area contributed by atoms with Gasteiger partial charge in [0.2, 0.25) is 5.54 Å². The van der Waals surface area contributed by atoms with Gasteiger partial charge in [-0.05, 0) is 24.1 Å². The zero-order chi connectivity index (χ0) is 21.6. The van der Waals surface area contributed by atoms with E-state index in [2.05, 4.69) is 42.4 Å². The molecule has 0 bridgehead atoms. The monoisotopic (exact) mass is 417 g/mol. The molecule has 1 aliphatic heterocycles. The molecule has 31 heavy (non-hydrogen) atoms. The van der Waals surface area contributed by atoms with Gasteiger partial charge in [-0.1, -0.05) is 5.92 Å². The molecule has 0 spiro atoms. The predicted molar refractivity (Wildman–Crippen MR) is 108 cm³/mol. The van der Waals surface area contributed by atoms with E-state index in [-0.39, 0.29) is 12.4 Å². The Labute approximate surface area is 174 Å². The third kappa shape index (κ3) is 2.98. The van der Waals surface area contributed by atoms with Crippen LogP contribution in [-0.4, -0.2) is 54.2 Å². The Kier molecular flexibility index (Phi) is 4.01. The molecule has 1 atom stereocenters. The van der Waals surface area contributed by atoms with E-state index in [1.807, 2.05) is 0 Å². The molecule has 4 N–H and O–H groups in total. The molecule has 0 aliphatic carbocycles. The number of carbonyl (C=O) groups is 2. The summed E-state index contributed by atoms with van der Waals surface area (Å²) in [7, 11) is 1.53. The van der Waals surface area contributed by atoms with E-state index in [1.54, 1.807) is 24.4 Å². The van der Waals surface area contributed by atoms with Crippen molar-refractivity contribution in [3.05, 3.63) is 42.7 Å². The van der Waals surface area contributed by atoms with E-state index in [0.717, 1.165) is 5.39 Å². The molecular weight excluding hydrogens is 402 g/mol. The van der Waals surface area contributed by atoms with E-state index in [1.165, 1.54) is 24.3 Å². The van der Waals surface area contributed by atoms with Gasteiger partial charge < -0.3 is 24.7 Å². The second-order valence-corrected chi connectivity index (χ2v) is 6.92. The van der Waals surface area contributed by atoms with Crippen molar-refractivity contribution >= 4 is 33.9 Å². The number of benzene rings is 1. The minimum Gasteiger partial charge on any atom is -0.497 e. The number of hydrogen-bond donors (Lipinski definition) is 4. The fraction of sp³-hybridized carbons (Fsp3) is 0.150. The van der Waals surface area contributed by atoms with Crippen molar-refractivity contribution in [2.75, 3.05) is 7.11 Å². The minimum atomic E-state index is -1.62. The number of imidazole rings is 1. The number of nitrogens with zero attached hydrogens (tertiary/aromatic N) is 4. The van der Waals surface area contributed by atoms with E-state index in [4.69, 9.17) is 4.74 Å². The highest BCUT2D eigenvalue weighted by Crippen LogP contribution is 2.32. The van der Waals surface area contributed by atoms with Gasteiger partial charge in [-0.2, -0.15) is 0 Å². The molecule has 0 saturated carbocycles. The molecule has 4 heterocycles. The van der Waals surface area contributed by atoms with Crippen LogP contribution in [0.1, 0.15) is 5.69 Å². The maximum atomic E-state index is 12.7. The van der Waals surface area contributed by atoms with Crippen molar-refractivity contribution in [3.8, 4) is 23.5 Å². The molecule has 1 fully saturated rings. The third-order valence-electron chi connectivity index (χ3n) is 5.03. The number of carbonyl (C=O) groups excluding carboxylic acids is 2. The lowest BCUT2D eigenvalue weighted by Gasteiger charge is -2.20. The summed E-state index contributed by atoms with van der Waals surface area (Å²) in [6.07, 6.45) is 4.44. The molecule has 11 heteroatoms. The number of fused-ring (bicyclic) bond motifs is 2. The van der Waals surface area contributed by atoms with Gasteiger partial charge in [0.15, 0.2) is 11.5 Å². The largest absolute Gasteiger partial charge is 0.497 e. The van der Waals surface area contributed by atoms with Crippen molar-refractivity contribution < 1.29 is 19.4 Å². The van der Waals surface area contributed by atoms with E-state index >= 15 is 0 Å². The number of methoxy groups -OCH3 is 1. The molecule has 11 nitrogen and oxygen atoms in total. The van der Waals surface area contributed by atoms with Crippen molar-refractivity contribution in [1.29, 1.82) is 0 Å². The topological polar surface area (TPSA) is 147 Å². The van der Waals surface area contributed by atoms with E-state index in [9.17, 15) is 14.7 Å². The van der Waals surface area contributed by atoms with Gasteiger partial charge in [-0.15, -0.1) is 0 Å². The highest BCUT2D eigenvalue weighted by atomic mass is 16.5. The van der Waals surface area contributed by atoms with Crippen LogP contribution in [-0.2, 0) is 11.3 Å². The smallest absolute Gasteiger partial charge is 0.323 e. The number of imide groups is 1. The maximum Gasteiger partial charge on any atom is 0.323 e. The Morgan fingerprint density at radius 2 is 2.13 bits per heavy atom. The Bertz CT molecular complexity index is 1430. The molecule has 5 rings (SSSR count). The summed E-state index contributed by atoms with van der Waals surface area (Å²) in [4.78, 5) is 39.7. The summed E-state index contributed by atoms with van der Waals surface area (Å²) in [5, 5.41) is 16.8. The Hall–Kier alpha value is -4.59. The summed E-state index contributed by atoms with van der Waals surface area (Å²) in [5.74, 6) is 5.53. The average Bonchev–Trinajstić information content (AvgIpc) is 3.43. The van der Waals surface area contributed by atoms with Crippen molar-refractivity contribution in [2.45, 2.75) is 12.1 Å². The zero-order valence-corrected chi connectivity index (χ0v) is 16.1. The van der Waals surface area contributed by atoms with Gasteiger partial charge in [0.25, 0.3) is 5.91 Å². The first-order valence-electron chi connectivity index (χ1n) is 9.16. The number of aromatic hydroxyl groups is 1. The van der Waals surface area contributed by atoms with Crippen LogP contribution in [0.3, 0.4) is 0 Å². The number of aromatic nitrogens is 5. The number of amides is 3. The molecular formula is C20H15N7O4. The summed E-state index contributed by atoms with van der Waals surface area (Å²) in [5.41, 5.74) is -0.360. The van der Waals surface area contributed by atoms with Gasteiger partial charge >= 0.3 is 6.03 Å². The highest BCUT2D eigenvalue weighted by Gasteiger charge is 2.46. The first-order chi connectivity index (χ1) is 15.0. The number of rotatable bonds is 3. The lowest BCUT2D eigenvalue weighted by Crippen LogP contribution is -2.49. The molecule has 0 radical (unpaired) electrons. The quantitative estimate of drug-likeness (QED) is 0.283. The number of H-pyrrole nitrogens is 1. The highest BCUT2D eigenvalue weighted by molar-refractivity contribution is 6.09. The molecule has 154 valence electrons. The molecule has 4 aromatic rings. The van der Waals surface area contributed by atoms with Gasteiger partial charge in [-0.25, -0.2) is 19.7 Å².